The van der Waals surface area contributed by atoms with Crippen molar-refractivity contribution in [3.63, 3.8) is 0 Å². The molecule has 0 saturated carbocycles. The summed E-state index contributed by atoms with van der Waals surface area (Å²) in [5, 5.41) is 13.6. The smallest absolute Gasteiger partial charge is 0.224 e. The summed E-state index contributed by atoms with van der Waals surface area (Å²) in [7, 11) is 0. The number of carbonyl (C=O) groups is 1. The first-order valence-electron chi connectivity index (χ1n) is 6.68. The van der Waals surface area contributed by atoms with Gasteiger partial charge in [-0.3, -0.25) is 4.79 Å². The monoisotopic (exact) mass is 307 g/mol. The van der Waals surface area contributed by atoms with Crippen molar-refractivity contribution in [2.45, 2.75) is 25.9 Å². The lowest BCUT2D eigenvalue weighted by atomic mass is 10.0. The van der Waals surface area contributed by atoms with Crippen LogP contribution in [-0.2, 0) is 16.8 Å². The molecule has 4 nitrogen and oxygen atoms in total. The highest BCUT2D eigenvalue weighted by atomic mass is 35.5. The van der Waals surface area contributed by atoms with Gasteiger partial charge in [0.25, 0.3) is 0 Å². The van der Waals surface area contributed by atoms with E-state index in [9.17, 15) is 9.90 Å². The maximum Gasteiger partial charge on any atom is 0.224 e. The van der Waals surface area contributed by atoms with Gasteiger partial charge in [0.05, 0.1) is 13.0 Å². The third-order valence-electron chi connectivity index (χ3n) is 3.21. The molecule has 2 N–H and O–H groups in total. The van der Waals surface area contributed by atoms with Crippen molar-refractivity contribution >= 4 is 17.5 Å². The summed E-state index contributed by atoms with van der Waals surface area (Å²) < 4.78 is 5.40. The van der Waals surface area contributed by atoms with E-state index in [1.807, 2.05) is 12.1 Å². The molecule has 2 aromatic rings. The number of carbonyl (C=O) groups excluding carboxylic acids is 1. The van der Waals surface area contributed by atoms with Crippen molar-refractivity contribution in [1.82, 2.24) is 5.32 Å². The second-order valence-corrected chi connectivity index (χ2v) is 5.64. The molecule has 112 valence electrons. The molecule has 1 heterocycles. The van der Waals surface area contributed by atoms with Crippen LogP contribution in [0.4, 0.5) is 0 Å². The fourth-order valence-corrected chi connectivity index (χ4v) is 2.16. The zero-order valence-corrected chi connectivity index (χ0v) is 12.8. The number of amides is 1. The molecule has 0 aliphatic rings. The largest absolute Gasteiger partial charge is 0.463 e. The standard InChI is InChI=1S/C16H18ClNO3/c1-11-7-8-14(21-11)16(2,20)10-18-15(19)9-12-5-3-4-6-13(12)17/h3-8,20H,9-10H2,1-2H3,(H,18,19). The van der Waals surface area contributed by atoms with Crippen LogP contribution >= 0.6 is 11.6 Å². The minimum Gasteiger partial charge on any atom is -0.463 e. The van der Waals surface area contributed by atoms with Crippen LogP contribution in [0.5, 0.6) is 0 Å². The molecule has 0 aliphatic carbocycles. The van der Waals surface area contributed by atoms with E-state index in [2.05, 4.69) is 5.32 Å². The van der Waals surface area contributed by atoms with Crippen LogP contribution in [0.15, 0.2) is 40.8 Å². The molecule has 0 aliphatic heterocycles. The van der Waals surface area contributed by atoms with Crippen molar-refractivity contribution < 1.29 is 14.3 Å². The first-order chi connectivity index (χ1) is 9.88. The molecule has 0 radical (unpaired) electrons. The quantitative estimate of drug-likeness (QED) is 0.893. The molecule has 0 spiro atoms. The molecule has 1 atom stereocenters. The summed E-state index contributed by atoms with van der Waals surface area (Å²) in [5.41, 5.74) is -0.491. The number of halogens is 1. The lowest BCUT2D eigenvalue weighted by molar-refractivity contribution is -0.121. The van der Waals surface area contributed by atoms with Crippen LogP contribution in [0.2, 0.25) is 5.02 Å². The van der Waals surface area contributed by atoms with Gasteiger partial charge in [0, 0.05) is 5.02 Å². The van der Waals surface area contributed by atoms with Gasteiger partial charge >= 0.3 is 0 Å². The van der Waals surface area contributed by atoms with Gasteiger partial charge in [0.15, 0.2) is 0 Å². The fourth-order valence-electron chi connectivity index (χ4n) is 1.96. The van der Waals surface area contributed by atoms with Crippen LogP contribution in [0, 0.1) is 6.92 Å². The summed E-state index contributed by atoms with van der Waals surface area (Å²) in [6.07, 6.45) is 0.174. The Balaban J connectivity index is 1.93. The van der Waals surface area contributed by atoms with E-state index < -0.39 is 5.60 Å². The van der Waals surface area contributed by atoms with E-state index in [1.54, 1.807) is 38.1 Å². The maximum absolute atomic E-state index is 11.9. The molecule has 0 fully saturated rings. The maximum atomic E-state index is 11.9. The number of benzene rings is 1. The van der Waals surface area contributed by atoms with Crippen molar-refractivity contribution in [2.24, 2.45) is 0 Å². The predicted octanol–water partition coefficient (Wildman–Crippen LogP) is 2.81. The third-order valence-corrected chi connectivity index (χ3v) is 3.58. The molecular formula is C16H18ClNO3. The van der Waals surface area contributed by atoms with Gasteiger partial charge < -0.3 is 14.8 Å². The summed E-state index contributed by atoms with van der Waals surface area (Å²) in [6, 6.07) is 10.7. The number of rotatable bonds is 5. The van der Waals surface area contributed by atoms with E-state index >= 15 is 0 Å². The topological polar surface area (TPSA) is 62.5 Å². The molecular weight excluding hydrogens is 290 g/mol. The predicted molar refractivity (Wildman–Crippen MR) is 81.2 cm³/mol. The minimum atomic E-state index is -1.25. The molecule has 2 rings (SSSR count). The van der Waals surface area contributed by atoms with Crippen LogP contribution in [0.25, 0.3) is 0 Å². The van der Waals surface area contributed by atoms with E-state index in [1.165, 1.54) is 0 Å². The van der Waals surface area contributed by atoms with E-state index in [0.717, 1.165) is 5.56 Å². The SMILES string of the molecule is Cc1ccc(C(C)(O)CNC(=O)Cc2ccccc2Cl)o1. The molecule has 1 aromatic heterocycles. The first kappa shape index (κ1) is 15.6. The highest BCUT2D eigenvalue weighted by molar-refractivity contribution is 6.31. The van der Waals surface area contributed by atoms with Gasteiger partial charge in [0.2, 0.25) is 5.91 Å². The number of furan rings is 1. The van der Waals surface area contributed by atoms with Gasteiger partial charge in [-0.05, 0) is 37.6 Å². The Morgan fingerprint density at radius 1 is 1.33 bits per heavy atom. The lowest BCUT2D eigenvalue weighted by Gasteiger charge is -2.21. The lowest BCUT2D eigenvalue weighted by Crippen LogP contribution is -2.39. The Labute approximate surface area is 128 Å². The summed E-state index contributed by atoms with van der Waals surface area (Å²) >= 11 is 6.01. The summed E-state index contributed by atoms with van der Waals surface area (Å²) in [4.78, 5) is 11.9. The fraction of sp³-hybridized carbons (Fsp3) is 0.312. The zero-order chi connectivity index (χ0) is 15.5. The number of nitrogens with one attached hydrogen (secondary N) is 1. The highest BCUT2D eigenvalue weighted by Gasteiger charge is 2.27. The van der Waals surface area contributed by atoms with Crippen LogP contribution in [0.1, 0.15) is 24.0 Å². The summed E-state index contributed by atoms with van der Waals surface area (Å²) in [5.74, 6) is 0.942. The number of aryl methyl sites for hydroxylation is 1. The average molecular weight is 308 g/mol. The van der Waals surface area contributed by atoms with Gasteiger partial charge in [0.1, 0.15) is 17.1 Å². The first-order valence-corrected chi connectivity index (χ1v) is 7.06. The second-order valence-electron chi connectivity index (χ2n) is 5.23. The van der Waals surface area contributed by atoms with Crippen molar-refractivity contribution in [3.8, 4) is 0 Å². The van der Waals surface area contributed by atoms with Gasteiger partial charge in [-0.15, -0.1) is 0 Å². The van der Waals surface area contributed by atoms with Crippen molar-refractivity contribution in [3.05, 3.63) is 58.5 Å². The molecule has 5 heteroatoms. The number of hydrogen-bond donors (Lipinski definition) is 2. The Kier molecular flexibility index (Phi) is 4.70. The van der Waals surface area contributed by atoms with Crippen LogP contribution < -0.4 is 5.32 Å². The molecule has 21 heavy (non-hydrogen) atoms. The zero-order valence-electron chi connectivity index (χ0n) is 12.0. The van der Waals surface area contributed by atoms with Crippen molar-refractivity contribution in [1.29, 1.82) is 0 Å². The number of hydrogen-bond acceptors (Lipinski definition) is 3. The van der Waals surface area contributed by atoms with Gasteiger partial charge in [-0.25, -0.2) is 0 Å². The van der Waals surface area contributed by atoms with Gasteiger partial charge in [-0.2, -0.15) is 0 Å². The Morgan fingerprint density at radius 3 is 2.67 bits per heavy atom. The van der Waals surface area contributed by atoms with E-state index in [0.29, 0.717) is 16.5 Å². The number of aliphatic hydroxyl groups is 1. The molecule has 1 aromatic carbocycles. The van der Waals surface area contributed by atoms with E-state index in [-0.39, 0.29) is 18.9 Å². The minimum absolute atomic E-state index is 0.0727. The highest BCUT2D eigenvalue weighted by Crippen LogP contribution is 2.22. The van der Waals surface area contributed by atoms with Crippen LogP contribution in [0.3, 0.4) is 0 Å². The Morgan fingerprint density at radius 2 is 2.05 bits per heavy atom. The van der Waals surface area contributed by atoms with Gasteiger partial charge in [-0.1, -0.05) is 29.8 Å². The summed E-state index contributed by atoms with van der Waals surface area (Å²) in [6.45, 7) is 3.47. The van der Waals surface area contributed by atoms with E-state index in [4.69, 9.17) is 16.0 Å². The third kappa shape index (κ3) is 4.09. The van der Waals surface area contributed by atoms with Crippen molar-refractivity contribution in [2.75, 3.05) is 6.54 Å². The normalized spacial score (nSPS) is 13.7. The Hall–Kier alpha value is -1.78. The molecule has 0 bridgehead atoms. The molecule has 1 amide bonds. The molecule has 1 unspecified atom stereocenters. The molecule has 0 saturated heterocycles. The average Bonchev–Trinajstić information content (AvgIpc) is 2.87. The Bertz CT molecular complexity index is 634. The second kappa shape index (κ2) is 6.33. The van der Waals surface area contributed by atoms with Crippen LogP contribution in [-0.4, -0.2) is 17.6 Å².